The van der Waals surface area contributed by atoms with E-state index in [1.165, 1.54) is 23.6 Å². The molecule has 1 unspecified atom stereocenters. The highest BCUT2D eigenvalue weighted by atomic mass is 16.1. The molecule has 1 fully saturated rings. The molecule has 1 aliphatic rings. The maximum atomic E-state index is 10.8. The van der Waals surface area contributed by atoms with Crippen molar-refractivity contribution < 1.29 is 9.36 Å². The Kier molecular flexibility index (Phi) is 3.10. The van der Waals surface area contributed by atoms with Crippen molar-refractivity contribution in [3.63, 3.8) is 0 Å². The summed E-state index contributed by atoms with van der Waals surface area (Å²) < 4.78 is 4.34. The Labute approximate surface area is 96.3 Å². The number of hydrogen-bond acceptors (Lipinski definition) is 2. The summed E-state index contributed by atoms with van der Waals surface area (Å²) in [5.41, 5.74) is 2.43. The van der Waals surface area contributed by atoms with E-state index in [0.717, 1.165) is 19.3 Å². The van der Waals surface area contributed by atoms with Gasteiger partial charge in [0.1, 0.15) is 24.0 Å². The molecule has 2 heterocycles. The van der Waals surface area contributed by atoms with E-state index in [0.29, 0.717) is 12.6 Å². The Morgan fingerprint density at radius 2 is 2.31 bits per heavy atom. The van der Waals surface area contributed by atoms with Gasteiger partial charge in [-0.05, 0) is 19.4 Å². The van der Waals surface area contributed by atoms with Gasteiger partial charge >= 0.3 is 0 Å². The zero-order valence-corrected chi connectivity index (χ0v) is 10.3. The molecule has 1 saturated heterocycles. The van der Waals surface area contributed by atoms with Gasteiger partial charge in [0.25, 0.3) is 5.82 Å². The van der Waals surface area contributed by atoms with Crippen LogP contribution in [0.2, 0.25) is 0 Å². The highest BCUT2D eigenvalue weighted by molar-refractivity contribution is 5.49. The fraction of sp³-hybridized carbons (Fsp3) is 0.667. The van der Waals surface area contributed by atoms with Crippen molar-refractivity contribution in [1.82, 2.24) is 9.88 Å². The molecule has 88 valence electrons. The van der Waals surface area contributed by atoms with Gasteiger partial charge in [-0.3, -0.25) is 4.79 Å². The summed E-state index contributed by atoms with van der Waals surface area (Å²) in [6, 6.07) is 0.400. The molecule has 1 aromatic heterocycles. The van der Waals surface area contributed by atoms with Gasteiger partial charge in [0.05, 0.1) is 7.05 Å². The van der Waals surface area contributed by atoms with Crippen molar-refractivity contribution in [2.24, 2.45) is 7.05 Å². The maximum Gasteiger partial charge on any atom is 0.274 e. The van der Waals surface area contributed by atoms with Gasteiger partial charge in [-0.2, -0.15) is 0 Å². The number of aromatic nitrogens is 2. The predicted molar refractivity (Wildman–Crippen MR) is 61.1 cm³/mol. The largest absolute Gasteiger partial charge is 0.304 e. The van der Waals surface area contributed by atoms with E-state index in [1.54, 1.807) is 0 Å². The minimum atomic E-state index is 0.400. The molecule has 0 amide bonds. The van der Waals surface area contributed by atoms with Crippen molar-refractivity contribution in [1.29, 1.82) is 0 Å². The van der Waals surface area contributed by atoms with Crippen molar-refractivity contribution in [2.45, 2.75) is 39.3 Å². The summed E-state index contributed by atoms with van der Waals surface area (Å²) in [5.74, 6) is 1.24. The summed E-state index contributed by atoms with van der Waals surface area (Å²) in [4.78, 5) is 10.8. The highest BCUT2D eigenvalue weighted by Gasteiger charge is 2.31. The first-order chi connectivity index (χ1) is 7.66. The van der Waals surface area contributed by atoms with Crippen LogP contribution in [0, 0.1) is 13.8 Å². The third-order valence-electron chi connectivity index (χ3n) is 3.68. The molecule has 1 aliphatic heterocycles. The number of nitrogens with one attached hydrogen (secondary N) is 1. The van der Waals surface area contributed by atoms with Crippen LogP contribution in [0.25, 0.3) is 0 Å². The average molecular weight is 222 g/mol. The van der Waals surface area contributed by atoms with Crippen LogP contribution in [0.5, 0.6) is 0 Å². The molecule has 2 rings (SSSR count). The molecule has 0 spiro atoms. The van der Waals surface area contributed by atoms with Gasteiger partial charge < -0.3 is 5.32 Å². The van der Waals surface area contributed by atoms with Gasteiger partial charge in [0.15, 0.2) is 6.29 Å². The van der Waals surface area contributed by atoms with Crippen LogP contribution in [0.15, 0.2) is 0 Å². The molecule has 4 nitrogen and oxygen atoms in total. The summed E-state index contributed by atoms with van der Waals surface area (Å²) in [6.07, 6.45) is 3.36. The molecular weight excluding hydrogens is 202 g/mol. The van der Waals surface area contributed by atoms with Crippen LogP contribution < -0.4 is 9.88 Å². The minimum absolute atomic E-state index is 0.400. The van der Waals surface area contributed by atoms with Crippen LogP contribution in [-0.2, 0) is 18.4 Å². The summed E-state index contributed by atoms with van der Waals surface area (Å²) >= 11 is 0. The fourth-order valence-corrected chi connectivity index (χ4v) is 2.59. The first-order valence-corrected chi connectivity index (χ1v) is 5.89. The van der Waals surface area contributed by atoms with Gasteiger partial charge in [-0.15, -0.1) is 0 Å². The molecule has 0 aliphatic carbocycles. The van der Waals surface area contributed by atoms with Crippen molar-refractivity contribution in [3.8, 4) is 0 Å². The number of carbonyl (C=O) groups excluding carboxylic acids is 1. The minimum Gasteiger partial charge on any atom is -0.304 e. The third kappa shape index (κ3) is 1.67. The normalized spacial score (nSPS) is 20.3. The molecule has 4 heteroatoms. The number of nitrogens with zero attached hydrogens (tertiary/aromatic N) is 2. The van der Waals surface area contributed by atoms with E-state index in [9.17, 15) is 4.79 Å². The number of rotatable bonds is 3. The lowest BCUT2D eigenvalue weighted by Gasteiger charge is -2.08. The summed E-state index contributed by atoms with van der Waals surface area (Å²) in [7, 11) is 2.08. The highest BCUT2D eigenvalue weighted by Crippen LogP contribution is 2.22. The first-order valence-electron chi connectivity index (χ1n) is 5.89. The molecule has 0 saturated carbocycles. The quantitative estimate of drug-likeness (QED) is 0.599. The van der Waals surface area contributed by atoms with Gasteiger partial charge in [0.2, 0.25) is 0 Å². The SMILES string of the molecule is Cc1c(C)[n+](C)c(C2CCCN2)n1CC=O. The Morgan fingerprint density at radius 3 is 2.88 bits per heavy atom. The van der Waals surface area contributed by atoms with E-state index in [2.05, 4.69) is 35.3 Å². The fourth-order valence-electron chi connectivity index (χ4n) is 2.59. The third-order valence-corrected chi connectivity index (χ3v) is 3.68. The molecule has 1 atom stereocenters. The van der Waals surface area contributed by atoms with Gasteiger partial charge in [0, 0.05) is 13.8 Å². The maximum absolute atomic E-state index is 10.8. The second kappa shape index (κ2) is 4.37. The predicted octanol–water partition coefficient (Wildman–Crippen LogP) is 0.553. The van der Waals surface area contributed by atoms with Crippen molar-refractivity contribution in [2.75, 3.05) is 6.54 Å². The molecule has 16 heavy (non-hydrogen) atoms. The summed E-state index contributed by atoms with van der Waals surface area (Å²) in [6.45, 7) is 5.72. The lowest BCUT2D eigenvalue weighted by atomic mass is 10.2. The standard InChI is InChI=1S/C12H20N3O/c1-9-10(2)15(7-8-16)12(14(9)3)11-5-4-6-13-11/h8,11,13H,4-7H2,1-3H3/q+1. The van der Waals surface area contributed by atoms with E-state index in [-0.39, 0.29) is 0 Å². The number of carbonyl (C=O) groups is 1. The molecule has 0 bridgehead atoms. The van der Waals surface area contributed by atoms with Crippen molar-refractivity contribution in [3.05, 3.63) is 17.2 Å². The molecule has 0 radical (unpaired) electrons. The van der Waals surface area contributed by atoms with Crippen LogP contribution in [0.3, 0.4) is 0 Å². The van der Waals surface area contributed by atoms with Crippen molar-refractivity contribution >= 4 is 6.29 Å². The zero-order valence-electron chi connectivity index (χ0n) is 10.3. The Balaban J connectivity index is 2.47. The molecule has 1 aromatic rings. The lowest BCUT2D eigenvalue weighted by Crippen LogP contribution is -2.39. The second-order valence-corrected chi connectivity index (χ2v) is 4.51. The van der Waals surface area contributed by atoms with Crippen LogP contribution >= 0.6 is 0 Å². The van der Waals surface area contributed by atoms with E-state index < -0.39 is 0 Å². The number of aldehydes is 1. The number of imidazole rings is 1. The topological polar surface area (TPSA) is 37.9 Å². The van der Waals surface area contributed by atoms with Crippen LogP contribution in [-0.4, -0.2) is 17.4 Å². The monoisotopic (exact) mass is 222 g/mol. The smallest absolute Gasteiger partial charge is 0.274 e. The van der Waals surface area contributed by atoms with E-state index in [4.69, 9.17) is 0 Å². The van der Waals surface area contributed by atoms with E-state index in [1.807, 2.05) is 0 Å². The number of hydrogen-bond donors (Lipinski definition) is 1. The Bertz CT molecular complexity index is 403. The molecule has 0 aromatic carbocycles. The van der Waals surface area contributed by atoms with Crippen LogP contribution in [0.1, 0.15) is 36.1 Å². The van der Waals surface area contributed by atoms with Gasteiger partial charge in [-0.25, -0.2) is 9.13 Å². The zero-order chi connectivity index (χ0) is 11.7. The van der Waals surface area contributed by atoms with Crippen LogP contribution in [0.4, 0.5) is 0 Å². The van der Waals surface area contributed by atoms with E-state index >= 15 is 0 Å². The molecular formula is C12H20N3O+. The summed E-state index contributed by atoms with van der Waals surface area (Å²) in [5, 5.41) is 3.50. The van der Waals surface area contributed by atoms with Gasteiger partial charge in [-0.1, -0.05) is 0 Å². The Morgan fingerprint density at radius 1 is 1.56 bits per heavy atom. The average Bonchev–Trinajstić information content (AvgIpc) is 2.85. The second-order valence-electron chi connectivity index (χ2n) is 4.51. The molecule has 1 N–H and O–H groups in total. The first kappa shape index (κ1) is 11.3. The lowest BCUT2D eigenvalue weighted by molar-refractivity contribution is -0.686. The Hall–Kier alpha value is -1.16.